The van der Waals surface area contributed by atoms with Crippen LogP contribution in [0, 0.1) is 5.92 Å². The van der Waals surface area contributed by atoms with Crippen LogP contribution in [-0.2, 0) is 27.6 Å². The van der Waals surface area contributed by atoms with E-state index in [1.807, 2.05) is 0 Å². The number of amides is 3. The van der Waals surface area contributed by atoms with Gasteiger partial charge in [-0.1, -0.05) is 30.7 Å². The molecule has 1 heterocycles. The first-order valence-corrected chi connectivity index (χ1v) is 14.0. The summed E-state index contributed by atoms with van der Waals surface area (Å²) in [5, 5.41) is 5.59. The van der Waals surface area contributed by atoms with Gasteiger partial charge in [-0.3, -0.25) is 19.6 Å². The normalized spacial score (nSPS) is 14.8. The number of benzene rings is 2. The van der Waals surface area contributed by atoms with Crippen LogP contribution < -0.4 is 15.4 Å². The Bertz CT molecular complexity index is 1470. The standard InChI is InChI=1S/C25H24ClN3O6S2/c1-14-7-12-18-20(13-14)36-24(21(18)23(31)28-25(32)35-2)27-22(30)17-5-3-4-6-19(17)29-37(33,34)16-10-8-15(26)9-11-16/h3-6,8-11,14,29H,7,12-13H2,1-2H3,(H,27,30)(H,28,31,32). The molecule has 0 radical (unpaired) electrons. The van der Waals surface area contributed by atoms with Crippen LogP contribution in [0.1, 0.15) is 44.5 Å². The maximum absolute atomic E-state index is 13.4. The second kappa shape index (κ2) is 10.9. The number of fused-ring (bicyclic) bond motifs is 1. The number of carbonyl (C=O) groups excluding carboxylic acids is 3. The third-order valence-electron chi connectivity index (χ3n) is 5.91. The summed E-state index contributed by atoms with van der Waals surface area (Å²) in [5.41, 5.74) is 1.12. The molecule has 12 heteroatoms. The smallest absolute Gasteiger partial charge is 0.413 e. The molecule has 4 rings (SSSR count). The van der Waals surface area contributed by atoms with Gasteiger partial charge in [0.25, 0.3) is 21.8 Å². The second-order valence-electron chi connectivity index (χ2n) is 8.56. The number of halogens is 1. The summed E-state index contributed by atoms with van der Waals surface area (Å²) in [6.45, 7) is 2.11. The SMILES string of the molecule is COC(=O)NC(=O)c1c(NC(=O)c2ccccc2NS(=O)(=O)c2ccc(Cl)cc2)sc2c1CCC(C)C2. The minimum atomic E-state index is -4.01. The summed E-state index contributed by atoms with van der Waals surface area (Å²) < 4.78 is 32.8. The molecule has 1 atom stereocenters. The molecule has 3 aromatic rings. The van der Waals surface area contributed by atoms with Gasteiger partial charge in [0.1, 0.15) is 5.00 Å². The molecule has 0 spiro atoms. The van der Waals surface area contributed by atoms with Crippen molar-refractivity contribution in [2.24, 2.45) is 5.92 Å². The highest BCUT2D eigenvalue weighted by Crippen LogP contribution is 2.40. The minimum absolute atomic E-state index is 0.0195. The molecule has 0 saturated carbocycles. The largest absolute Gasteiger partial charge is 0.453 e. The van der Waals surface area contributed by atoms with Crippen molar-refractivity contribution >= 4 is 61.6 Å². The van der Waals surface area contributed by atoms with Gasteiger partial charge in [0.2, 0.25) is 0 Å². The number of nitrogens with one attached hydrogen (secondary N) is 3. The lowest BCUT2D eigenvalue weighted by Gasteiger charge is -2.18. The van der Waals surface area contributed by atoms with Crippen molar-refractivity contribution in [3.63, 3.8) is 0 Å². The lowest BCUT2D eigenvalue weighted by Crippen LogP contribution is -2.31. The number of carbonyl (C=O) groups is 3. The molecule has 1 aliphatic carbocycles. The third-order valence-corrected chi connectivity index (χ3v) is 8.71. The number of rotatable bonds is 6. The highest BCUT2D eigenvalue weighted by Gasteiger charge is 2.30. The van der Waals surface area contributed by atoms with Crippen molar-refractivity contribution in [2.45, 2.75) is 31.1 Å². The molecule has 3 amide bonds. The number of anilines is 2. The van der Waals surface area contributed by atoms with Gasteiger partial charge in [-0.2, -0.15) is 0 Å². The summed E-state index contributed by atoms with van der Waals surface area (Å²) in [6.07, 6.45) is 1.33. The number of alkyl carbamates (subject to hydrolysis) is 1. The second-order valence-corrected chi connectivity index (χ2v) is 11.8. The Hall–Kier alpha value is -3.41. The Morgan fingerprint density at radius 3 is 2.46 bits per heavy atom. The molecule has 0 aliphatic heterocycles. The van der Waals surface area contributed by atoms with Crippen LogP contribution in [0.2, 0.25) is 5.02 Å². The summed E-state index contributed by atoms with van der Waals surface area (Å²) in [5.74, 6) is -0.881. The van der Waals surface area contributed by atoms with E-state index in [0.29, 0.717) is 17.4 Å². The van der Waals surface area contributed by atoms with Crippen molar-refractivity contribution in [3.05, 3.63) is 75.1 Å². The predicted molar refractivity (Wildman–Crippen MR) is 142 cm³/mol. The van der Waals surface area contributed by atoms with Crippen LogP contribution in [0.5, 0.6) is 0 Å². The number of imide groups is 1. The van der Waals surface area contributed by atoms with E-state index in [4.69, 9.17) is 11.6 Å². The Labute approximate surface area is 223 Å². The van der Waals surface area contributed by atoms with Gasteiger partial charge in [-0.05, 0) is 67.1 Å². The van der Waals surface area contributed by atoms with Gasteiger partial charge in [-0.25, -0.2) is 13.2 Å². The number of sulfonamides is 1. The molecule has 0 bridgehead atoms. The van der Waals surface area contributed by atoms with E-state index in [0.717, 1.165) is 30.4 Å². The molecule has 0 fully saturated rings. The van der Waals surface area contributed by atoms with Gasteiger partial charge < -0.3 is 10.1 Å². The Morgan fingerprint density at radius 2 is 1.76 bits per heavy atom. The van der Waals surface area contributed by atoms with Crippen molar-refractivity contribution < 1.29 is 27.5 Å². The van der Waals surface area contributed by atoms with Crippen molar-refractivity contribution in [3.8, 4) is 0 Å². The monoisotopic (exact) mass is 561 g/mol. The van der Waals surface area contributed by atoms with Gasteiger partial charge in [-0.15, -0.1) is 11.3 Å². The third kappa shape index (κ3) is 5.95. The minimum Gasteiger partial charge on any atom is -0.453 e. The average molecular weight is 562 g/mol. The van der Waals surface area contributed by atoms with Crippen LogP contribution in [0.3, 0.4) is 0 Å². The molecule has 194 valence electrons. The maximum Gasteiger partial charge on any atom is 0.413 e. The fraction of sp³-hybridized carbons (Fsp3) is 0.240. The van der Waals surface area contributed by atoms with Gasteiger partial charge in [0.15, 0.2) is 0 Å². The Kier molecular flexibility index (Phi) is 7.86. The molecule has 0 saturated heterocycles. The lowest BCUT2D eigenvalue weighted by molar-refractivity contribution is 0.0936. The van der Waals surface area contributed by atoms with E-state index < -0.39 is 27.9 Å². The van der Waals surface area contributed by atoms with E-state index in [9.17, 15) is 22.8 Å². The molecular weight excluding hydrogens is 538 g/mol. The van der Waals surface area contributed by atoms with Gasteiger partial charge in [0, 0.05) is 9.90 Å². The molecule has 9 nitrogen and oxygen atoms in total. The first-order valence-electron chi connectivity index (χ1n) is 11.3. The van der Waals surface area contributed by atoms with E-state index in [-0.39, 0.29) is 26.7 Å². The Balaban J connectivity index is 1.65. The quantitative estimate of drug-likeness (QED) is 0.385. The molecule has 1 unspecified atom stereocenters. The summed E-state index contributed by atoms with van der Waals surface area (Å²) in [4.78, 5) is 38.9. The van der Waals surface area contributed by atoms with Crippen molar-refractivity contribution in [2.75, 3.05) is 17.1 Å². The van der Waals surface area contributed by atoms with E-state index in [1.54, 1.807) is 12.1 Å². The lowest BCUT2D eigenvalue weighted by atomic mass is 9.88. The zero-order valence-corrected chi connectivity index (χ0v) is 22.4. The van der Waals surface area contributed by atoms with E-state index in [1.165, 1.54) is 47.7 Å². The average Bonchev–Trinajstić information content (AvgIpc) is 3.21. The van der Waals surface area contributed by atoms with Crippen LogP contribution in [0.15, 0.2) is 53.4 Å². The number of ether oxygens (including phenoxy) is 1. The molecule has 1 aliphatic rings. The summed E-state index contributed by atoms with van der Waals surface area (Å²) in [6, 6.07) is 11.8. The zero-order valence-electron chi connectivity index (χ0n) is 20.0. The van der Waals surface area contributed by atoms with Crippen LogP contribution in [-0.4, -0.2) is 33.4 Å². The predicted octanol–water partition coefficient (Wildman–Crippen LogP) is 5.08. The summed E-state index contributed by atoms with van der Waals surface area (Å²) in [7, 11) is -2.86. The molecule has 3 N–H and O–H groups in total. The number of hydrogen-bond donors (Lipinski definition) is 3. The fourth-order valence-corrected chi connectivity index (χ4v) is 6.65. The Morgan fingerprint density at radius 1 is 1.05 bits per heavy atom. The zero-order chi connectivity index (χ0) is 26.7. The fourth-order valence-electron chi connectivity index (χ4n) is 4.04. The highest BCUT2D eigenvalue weighted by atomic mass is 35.5. The van der Waals surface area contributed by atoms with Gasteiger partial charge >= 0.3 is 6.09 Å². The molecular formula is C25H24ClN3O6S2. The number of para-hydroxylation sites is 1. The summed E-state index contributed by atoms with van der Waals surface area (Å²) >= 11 is 7.13. The molecule has 2 aromatic carbocycles. The molecule has 37 heavy (non-hydrogen) atoms. The van der Waals surface area contributed by atoms with Gasteiger partial charge in [0.05, 0.1) is 28.8 Å². The maximum atomic E-state index is 13.4. The first kappa shape index (κ1) is 26.6. The first-order chi connectivity index (χ1) is 17.6. The van der Waals surface area contributed by atoms with E-state index >= 15 is 0 Å². The number of hydrogen-bond acceptors (Lipinski definition) is 7. The van der Waals surface area contributed by atoms with Crippen molar-refractivity contribution in [1.82, 2.24) is 5.32 Å². The van der Waals surface area contributed by atoms with Crippen LogP contribution >= 0.6 is 22.9 Å². The molecule has 1 aromatic heterocycles. The topological polar surface area (TPSA) is 131 Å². The highest BCUT2D eigenvalue weighted by molar-refractivity contribution is 7.92. The van der Waals surface area contributed by atoms with E-state index in [2.05, 4.69) is 27.0 Å². The van der Waals surface area contributed by atoms with Crippen molar-refractivity contribution in [1.29, 1.82) is 0 Å². The van der Waals surface area contributed by atoms with Crippen LogP contribution in [0.4, 0.5) is 15.5 Å². The number of methoxy groups -OCH3 is 1. The van der Waals surface area contributed by atoms with Crippen LogP contribution in [0.25, 0.3) is 0 Å². The number of thiophene rings is 1.